The molecule has 0 N–H and O–H groups in total. The Morgan fingerprint density at radius 2 is 1.72 bits per heavy atom. The minimum absolute atomic E-state index is 0.220. The van der Waals surface area contributed by atoms with Crippen LogP contribution in [-0.2, 0) is 0 Å². The first-order chi connectivity index (χ1) is 8.74. The van der Waals surface area contributed by atoms with Crippen molar-refractivity contribution < 1.29 is 4.39 Å². The average molecular weight is 237 g/mol. The van der Waals surface area contributed by atoms with E-state index in [1.807, 2.05) is 55.5 Å². The molecular formula is C16H12FN. The molecule has 0 saturated carbocycles. The molecule has 0 bridgehead atoms. The second kappa shape index (κ2) is 4.22. The Labute approximate surface area is 105 Å². The Bertz CT molecular complexity index is 705. The third-order valence-corrected chi connectivity index (χ3v) is 2.98. The van der Waals surface area contributed by atoms with Gasteiger partial charge in [-0.1, -0.05) is 42.0 Å². The zero-order chi connectivity index (χ0) is 12.5. The molecular weight excluding hydrogens is 225 g/mol. The summed E-state index contributed by atoms with van der Waals surface area (Å²) in [6.45, 7) is 1.95. The Morgan fingerprint density at radius 3 is 2.50 bits per heavy atom. The summed E-state index contributed by atoms with van der Waals surface area (Å²) in [6.07, 6.45) is 0. The van der Waals surface area contributed by atoms with Crippen molar-refractivity contribution >= 4 is 10.9 Å². The quantitative estimate of drug-likeness (QED) is 0.613. The van der Waals surface area contributed by atoms with Gasteiger partial charge in [0.05, 0.1) is 11.2 Å². The van der Waals surface area contributed by atoms with Crippen LogP contribution in [0.1, 0.15) is 5.56 Å². The molecule has 0 spiro atoms. The van der Waals surface area contributed by atoms with Gasteiger partial charge in [-0.3, -0.25) is 0 Å². The number of benzene rings is 2. The third kappa shape index (κ3) is 1.86. The summed E-state index contributed by atoms with van der Waals surface area (Å²) in [5.74, 6) is -0.220. The lowest BCUT2D eigenvalue weighted by molar-refractivity contribution is 0.639. The Kier molecular flexibility index (Phi) is 2.56. The molecule has 0 radical (unpaired) electrons. The molecule has 1 nitrogen and oxygen atoms in total. The third-order valence-electron chi connectivity index (χ3n) is 2.98. The van der Waals surface area contributed by atoms with Gasteiger partial charge in [0.25, 0.3) is 0 Å². The van der Waals surface area contributed by atoms with Crippen molar-refractivity contribution in [1.82, 2.24) is 4.98 Å². The Morgan fingerprint density at radius 1 is 0.944 bits per heavy atom. The number of hydrogen-bond donors (Lipinski definition) is 0. The van der Waals surface area contributed by atoms with E-state index >= 15 is 0 Å². The van der Waals surface area contributed by atoms with Gasteiger partial charge < -0.3 is 0 Å². The fourth-order valence-electron chi connectivity index (χ4n) is 2.06. The van der Waals surface area contributed by atoms with Crippen LogP contribution in [0, 0.1) is 12.7 Å². The standard InChI is InChI=1S/C16H12FN/c1-11-7-8-15-13(9-11)14(17)10-16(18-15)12-5-3-2-4-6-12/h2-10H,1H3. The van der Waals surface area contributed by atoms with Crippen LogP contribution in [0.4, 0.5) is 4.39 Å². The number of aryl methyl sites for hydroxylation is 1. The first kappa shape index (κ1) is 10.9. The van der Waals surface area contributed by atoms with Crippen LogP contribution in [0.2, 0.25) is 0 Å². The Hall–Kier alpha value is -2.22. The van der Waals surface area contributed by atoms with Crippen molar-refractivity contribution in [2.24, 2.45) is 0 Å². The summed E-state index contributed by atoms with van der Waals surface area (Å²) in [4.78, 5) is 4.51. The molecule has 0 aliphatic rings. The summed E-state index contributed by atoms with van der Waals surface area (Å²) in [6, 6.07) is 16.8. The maximum absolute atomic E-state index is 14.1. The van der Waals surface area contributed by atoms with Crippen LogP contribution in [0.5, 0.6) is 0 Å². The monoisotopic (exact) mass is 237 g/mol. The molecule has 3 aromatic rings. The minimum Gasteiger partial charge on any atom is -0.248 e. The van der Waals surface area contributed by atoms with E-state index in [-0.39, 0.29) is 5.82 Å². The Balaban J connectivity index is 2.25. The molecule has 1 aromatic heterocycles. The molecule has 0 aliphatic carbocycles. The second-order valence-corrected chi connectivity index (χ2v) is 4.38. The molecule has 0 amide bonds. The van der Waals surface area contributed by atoms with E-state index in [1.165, 1.54) is 6.07 Å². The zero-order valence-corrected chi connectivity index (χ0v) is 10.0. The molecule has 0 unspecified atom stereocenters. The van der Waals surface area contributed by atoms with Crippen LogP contribution >= 0.6 is 0 Å². The van der Waals surface area contributed by atoms with Crippen molar-refractivity contribution in [3.63, 3.8) is 0 Å². The fraction of sp³-hybridized carbons (Fsp3) is 0.0625. The lowest BCUT2D eigenvalue weighted by Gasteiger charge is -2.05. The summed E-state index contributed by atoms with van der Waals surface area (Å²) < 4.78 is 14.1. The lowest BCUT2D eigenvalue weighted by Crippen LogP contribution is -1.90. The van der Waals surface area contributed by atoms with Crippen LogP contribution in [0.25, 0.3) is 22.2 Å². The molecule has 2 aromatic carbocycles. The number of fused-ring (bicyclic) bond motifs is 1. The largest absolute Gasteiger partial charge is 0.248 e. The molecule has 0 saturated heterocycles. The van der Waals surface area contributed by atoms with Crippen molar-refractivity contribution in [3.05, 3.63) is 66.0 Å². The maximum Gasteiger partial charge on any atom is 0.134 e. The normalized spacial score (nSPS) is 10.8. The van der Waals surface area contributed by atoms with Crippen molar-refractivity contribution in [1.29, 1.82) is 0 Å². The lowest BCUT2D eigenvalue weighted by atomic mass is 10.1. The van der Waals surface area contributed by atoms with E-state index in [2.05, 4.69) is 4.98 Å². The number of halogens is 1. The van der Waals surface area contributed by atoms with Gasteiger partial charge in [-0.05, 0) is 19.1 Å². The van der Waals surface area contributed by atoms with Gasteiger partial charge in [0.2, 0.25) is 0 Å². The van der Waals surface area contributed by atoms with Gasteiger partial charge in [0, 0.05) is 17.0 Å². The summed E-state index contributed by atoms with van der Waals surface area (Å²) in [5.41, 5.74) is 3.33. The summed E-state index contributed by atoms with van der Waals surface area (Å²) in [5, 5.41) is 0.578. The molecule has 1 heterocycles. The highest BCUT2D eigenvalue weighted by Gasteiger charge is 2.07. The molecule has 0 aliphatic heterocycles. The number of aromatic nitrogens is 1. The molecule has 2 heteroatoms. The molecule has 18 heavy (non-hydrogen) atoms. The fourth-order valence-corrected chi connectivity index (χ4v) is 2.06. The van der Waals surface area contributed by atoms with E-state index in [4.69, 9.17) is 0 Å². The highest BCUT2D eigenvalue weighted by Crippen LogP contribution is 2.24. The van der Waals surface area contributed by atoms with Gasteiger partial charge in [-0.25, -0.2) is 9.37 Å². The van der Waals surface area contributed by atoms with E-state index in [9.17, 15) is 4.39 Å². The van der Waals surface area contributed by atoms with Crippen molar-refractivity contribution in [3.8, 4) is 11.3 Å². The van der Waals surface area contributed by atoms with Crippen LogP contribution in [0.3, 0.4) is 0 Å². The van der Waals surface area contributed by atoms with Gasteiger partial charge in [0.15, 0.2) is 0 Å². The zero-order valence-electron chi connectivity index (χ0n) is 10.0. The molecule has 3 rings (SSSR count). The second-order valence-electron chi connectivity index (χ2n) is 4.38. The van der Waals surface area contributed by atoms with Gasteiger partial charge >= 0.3 is 0 Å². The van der Waals surface area contributed by atoms with E-state index in [0.29, 0.717) is 16.6 Å². The van der Waals surface area contributed by atoms with Gasteiger partial charge in [-0.2, -0.15) is 0 Å². The molecule has 0 fully saturated rings. The molecule has 0 atom stereocenters. The SMILES string of the molecule is Cc1ccc2nc(-c3ccccc3)cc(F)c2c1. The number of hydrogen-bond acceptors (Lipinski definition) is 1. The maximum atomic E-state index is 14.1. The van der Waals surface area contributed by atoms with Gasteiger partial charge in [0.1, 0.15) is 5.82 Å². The smallest absolute Gasteiger partial charge is 0.134 e. The predicted octanol–water partition coefficient (Wildman–Crippen LogP) is 4.35. The van der Waals surface area contributed by atoms with E-state index in [0.717, 1.165) is 11.1 Å². The average Bonchev–Trinajstić information content (AvgIpc) is 2.40. The van der Waals surface area contributed by atoms with Crippen LogP contribution in [-0.4, -0.2) is 4.98 Å². The summed E-state index contributed by atoms with van der Waals surface area (Å²) >= 11 is 0. The highest BCUT2D eigenvalue weighted by atomic mass is 19.1. The minimum atomic E-state index is -0.220. The topological polar surface area (TPSA) is 12.9 Å². The predicted molar refractivity (Wildman–Crippen MR) is 71.9 cm³/mol. The van der Waals surface area contributed by atoms with E-state index in [1.54, 1.807) is 0 Å². The number of rotatable bonds is 1. The van der Waals surface area contributed by atoms with Crippen molar-refractivity contribution in [2.45, 2.75) is 6.92 Å². The highest BCUT2D eigenvalue weighted by molar-refractivity contribution is 5.82. The van der Waals surface area contributed by atoms with E-state index < -0.39 is 0 Å². The number of nitrogens with zero attached hydrogens (tertiary/aromatic N) is 1. The summed E-state index contributed by atoms with van der Waals surface area (Å²) in [7, 11) is 0. The van der Waals surface area contributed by atoms with Crippen LogP contribution in [0.15, 0.2) is 54.6 Å². The molecule has 88 valence electrons. The van der Waals surface area contributed by atoms with Crippen LogP contribution < -0.4 is 0 Å². The van der Waals surface area contributed by atoms with Crippen molar-refractivity contribution in [2.75, 3.05) is 0 Å². The first-order valence-electron chi connectivity index (χ1n) is 5.86. The number of pyridine rings is 1. The first-order valence-corrected chi connectivity index (χ1v) is 5.86. The van der Waals surface area contributed by atoms with Gasteiger partial charge in [-0.15, -0.1) is 0 Å².